The third-order valence-electron chi connectivity index (χ3n) is 2.71. The van der Waals surface area contributed by atoms with E-state index in [0.717, 1.165) is 12.1 Å². The Bertz CT molecular complexity index is 514. The van der Waals surface area contributed by atoms with Gasteiger partial charge in [0.05, 0.1) is 6.04 Å². The van der Waals surface area contributed by atoms with Crippen molar-refractivity contribution in [2.45, 2.75) is 19.9 Å². The molecule has 0 aliphatic heterocycles. The van der Waals surface area contributed by atoms with Crippen LogP contribution in [0, 0.1) is 12.7 Å². The van der Waals surface area contributed by atoms with E-state index in [1.54, 1.807) is 24.5 Å². The molecule has 0 fully saturated rings. The molecule has 94 valence electrons. The molecule has 0 saturated heterocycles. The van der Waals surface area contributed by atoms with Crippen LogP contribution in [0.1, 0.15) is 29.9 Å². The van der Waals surface area contributed by atoms with Crippen LogP contribution in [0.4, 0.5) is 4.39 Å². The minimum absolute atomic E-state index is 0.237. The van der Waals surface area contributed by atoms with E-state index < -0.39 is 0 Å². The Balaban J connectivity index is 2.44. The summed E-state index contributed by atoms with van der Waals surface area (Å²) in [5.41, 5.74) is 1.60. The van der Waals surface area contributed by atoms with Crippen LogP contribution in [0.3, 0.4) is 0 Å². The highest BCUT2D eigenvalue weighted by Crippen LogP contribution is 2.22. The first-order valence-electron chi connectivity index (χ1n) is 5.98. The summed E-state index contributed by atoms with van der Waals surface area (Å²) in [4.78, 5) is 8.41. The van der Waals surface area contributed by atoms with Gasteiger partial charge in [0.1, 0.15) is 11.6 Å². The normalized spacial score (nSPS) is 12.4. The minimum Gasteiger partial charge on any atom is -0.304 e. The van der Waals surface area contributed by atoms with Crippen molar-refractivity contribution < 1.29 is 4.39 Å². The molecule has 18 heavy (non-hydrogen) atoms. The molecule has 1 heterocycles. The Morgan fingerprint density at radius 3 is 2.67 bits per heavy atom. The van der Waals surface area contributed by atoms with Crippen molar-refractivity contribution in [1.29, 1.82) is 0 Å². The number of halogens is 1. The first-order chi connectivity index (χ1) is 8.72. The van der Waals surface area contributed by atoms with Crippen LogP contribution < -0.4 is 5.32 Å². The maximum Gasteiger partial charge on any atom is 0.149 e. The zero-order valence-electron chi connectivity index (χ0n) is 10.5. The molecule has 0 bridgehead atoms. The van der Waals surface area contributed by atoms with E-state index in [2.05, 4.69) is 15.3 Å². The molecule has 0 radical (unpaired) electrons. The average Bonchev–Trinajstić information content (AvgIpc) is 2.40. The lowest BCUT2D eigenvalue weighted by Gasteiger charge is -2.17. The van der Waals surface area contributed by atoms with Gasteiger partial charge < -0.3 is 5.32 Å². The van der Waals surface area contributed by atoms with Crippen LogP contribution in [-0.2, 0) is 0 Å². The van der Waals surface area contributed by atoms with Crippen molar-refractivity contribution in [2.75, 3.05) is 6.54 Å². The molecule has 2 aromatic rings. The number of rotatable bonds is 4. The van der Waals surface area contributed by atoms with Gasteiger partial charge in [-0.3, -0.25) is 0 Å². The molecule has 1 unspecified atom stereocenters. The van der Waals surface area contributed by atoms with Crippen molar-refractivity contribution >= 4 is 0 Å². The minimum atomic E-state index is -0.309. The second kappa shape index (κ2) is 5.69. The SMILES string of the molecule is CCNC(c1ncccn1)c1cc(C)ccc1F. The standard InChI is InChI=1S/C14H16FN3/c1-3-16-13(14-17-7-4-8-18-14)11-9-10(2)5-6-12(11)15/h4-9,13,16H,3H2,1-2H3. The molecule has 0 aliphatic carbocycles. The topological polar surface area (TPSA) is 37.8 Å². The molecule has 0 saturated carbocycles. The zero-order valence-corrected chi connectivity index (χ0v) is 10.5. The fourth-order valence-electron chi connectivity index (χ4n) is 1.89. The zero-order chi connectivity index (χ0) is 13.0. The molecule has 1 atom stereocenters. The van der Waals surface area contributed by atoms with Crippen LogP contribution in [0.15, 0.2) is 36.7 Å². The molecule has 2 rings (SSSR count). The lowest BCUT2D eigenvalue weighted by molar-refractivity contribution is 0.542. The van der Waals surface area contributed by atoms with Gasteiger partial charge in [-0.25, -0.2) is 14.4 Å². The lowest BCUT2D eigenvalue weighted by atomic mass is 10.0. The Hall–Kier alpha value is -1.81. The fraction of sp³-hybridized carbons (Fsp3) is 0.286. The third-order valence-corrected chi connectivity index (χ3v) is 2.71. The molecule has 4 heteroatoms. The van der Waals surface area contributed by atoms with E-state index in [-0.39, 0.29) is 11.9 Å². The molecular formula is C14H16FN3. The van der Waals surface area contributed by atoms with Crippen molar-refractivity contribution in [2.24, 2.45) is 0 Å². The molecule has 0 spiro atoms. The predicted octanol–water partition coefficient (Wildman–Crippen LogP) is 2.62. The van der Waals surface area contributed by atoms with E-state index in [1.807, 2.05) is 19.9 Å². The van der Waals surface area contributed by atoms with E-state index in [4.69, 9.17) is 0 Å². The van der Waals surface area contributed by atoms with E-state index in [9.17, 15) is 4.39 Å². The average molecular weight is 245 g/mol. The number of nitrogens with zero attached hydrogens (tertiary/aromatic N) is 2. The highest BCUT2D eigenvalue weighted by atomic mass is 19.1. The van der Waals surface area contributed by atoms with Crippen molar-refractivity contribution in [3.05, 3.63) is 59.4 Å². The highest BCUT2D eigenvalue weighted by Gasteiger charge is 2.19. The number of hydrogen-bond acceptors (Lipinski definition) is 3. The maximum absolute atomic E-state index is 13.9. The van der Waals surface area contributed by atoms with E-state index in [0.29, 0.717) is 11.4 Å². The number of aromatic nitrogens is 2. The summed E-state index contributed by atoms with van der Waals surface area (Å²) >= 11 is 0. The monoisotopic (exact) mass is 245 g/mol. The largest absolute Gasteiger partial charge is 0.304 e. The summed E-state index contributed by atoms with van der Waals surface area (Å²) < 4.78 is 13.9. The quantitative estimate of drug-likeness (QED) is 0.899. The number of hydrogen-bond donors (Lipinski definition) is 1. The molecule has 0 amide bonds. The summed E-state index contributed by atoms with van der Waals surface area (Å²) in [5, 5.41) is 3.22. The predicted molar refractivity (Wildman–Crippen MR) is 68.7 cm³/mol. The van der Waals surface area contributed by atoms with Gasteiger partial charge in [-0.1, -0.05) is 24.6 Å². The molecule has 1 aromatic carbocycles. The van der Waals surface area contributed by atoms with Gasteiger partial charge in [0.2, 0.25) is 0 Å². The first-order valence-corrected chi connectivity index (χ1v) is 5.98. The van der Waals surface area contributed by atoms with Crippen molar-refractivity contribution in [3.63, 3.8) is 0 Å². The summed E-state index contributed by atoms with van der Waals surface area (Å²) in [6.07, 6.45) is 3.33. The van der Waals surface area contributed by atoms with Crippen molar-refractivity contribution in [3.8, 4) is 0 Å². The third kappa shape index (κ3) is 2.71. The fourth-order valence-corrected chi connectivity index (χ4v) is 1.89. The summed E-state index contributed by atoms with van der Waals surface area (Å²) in [5.74, 6) is 0.350. The van der Waals surface area contributed by atoms with E-state index >= 15 is 0 Å². The molecule has 1 aromatic heterocycles. The number of benzene rings is 1. The summed E-state index contributed by atoms with van der Waals surface area (Å²) in [7, 11) is 0. The lowest BCUT2D eigenvalue weighted by Crippen LogP contribution is -2.25. The maximum atomic E-state index is 13.9. The smallest absolute Gasteiger partial charge is 0.149 e. The van der Waals surface area contributed by atoms with Gasteiger partial charge in [0.15, 0.2) is 0 Å². The van der Waals surface area contributed by atoms with E-state index in [1.165, 1.54) is 6.07 Å². The Morgan fingerprint density at radius 2 is 2.00 bits per heavy atom. The van der Waals surface area contributed by atoms with Gasteiger partial charge in [-0.05, 0) is 25.6 Å². The number of nitrogens with one attached hydrogen (secondary N) is 1. The Kier molecular flexibility index (Phi) is 3.99. The number of aryl methyl sites for hydroxylation is 1. The van der Waals surface area contributed by atoms with Crippen molar-refractivity contribution in [1.82, 2.24) is 15.3 Å². The highest BCUT2D eigenvalue weighted by molar-refractivity contribution is 5.30. The Labute approximate surface area is 106 Å². The van der Waals surface area contributed by atoms with Gasteiger partial charge in [0.25, 0.3) is 0 Å². The van der Waals surface area contributed by atoms with Crippen LogP contribution in [0.5, 0.6) is 0 Å². The molecule has 0 aliphatic rings. The second-order valence-corrected chi connectivity index (χ2v) is 4.12. The summed E-state index contributed by atoms with van der Waals surface area (Å²) in [6, 6.07) is 6.51. The van der Waals surface area contributed by atoms with Crippen LogP contribution in [0.25, 0.3) is 0 Å². The van der Waals surface area contributed by atoms with Crippen LogP contribution >= 0.6 is 0 Å². The van der Waals surface area contributed by atoms with Gasteiger partial charge in [0, 0.05) is 18.0 Å². The molecular weight excluding hydrogens is 229 g/mol. The van der Waals surface area contributed by atoms with Gasteiger partial charge in [-0.2, -0.15) is 0 Å². The van der Waals surface area contributed by atoms with Gasteiger partial charge >= 0.3 is 0 Å². The summed E-state index contributed by atoms with van der Waals surface area (Å²) in [6.45, 7) is 4.64. The first kappa shape index (κ1) is 12.6. The molecule has 1 N–H and O–H groups in total. The second-order valence-electron chi connectivity index (χ2n) is 4.12. The van der Waals surface area contributed by atoms with Gasteiger partial charge in [-0.15, -0.1) is 0 Å². The van der Waals surface area contributed by atoms with Crippen LogP contribution in [-0.4, -0.2) is 16.5 Å². The van der Waals surface area contributed by atoms with Crippen LogP contribution in [0.2, 0.25) is 0 Å². The Morgan fingerprint density at radius 1 is 1.28 bits per heavy atom. The molecule has 3 nitrogen and oxygen atoms in total.